The number of benzene rings is 2. The molecule has 1 amide bonds. The van der Waals surface area contributed by atoms with E-state index in [1.54, 1.807) is 12.0 Å². The van der Waals surface area contributed by atoms with Crippen molar-refractivity contribution in [3.63, 3.8) is 0 Å². The van der Waals surface area contributed by atoms with Crippen LogP contribution in [0.25, 0.3) is 0 Å². The Balaban J connectivity index is 1.75. The number of nitrogens with zero attached hydrogens (tertiary/aromatic N) is 1. The number of likely N-dealkylation sites (tertiary alicyclic amines) is 1. The van der Waals surface area contributed by atoms with Crippen LogP contribution in [0.2, 0.25) is 19.1 Å². The predicted octanol–water partition coefficient (Wildman–Crippen LogP) is 4.17. The standard InChI is InChI=1S/C27H35NO6Si/c1-26-23(15-16-35(4,5)34-26)24(29)28(17-20-11-13-22(31-2)14-12-20)27(26,25(30)32-3)19-33-18-21-9-7-6-8-10-21/h6-14,23H,15-19H2,1-5H3/t23-,26-,27?/m0/s1. The van der Waals surface area contributed by atoms with Crippen molar-refractivity contribution in [2.75, 3.05) is 20.8 Å². The van der Waals surface area contributed by atoms with Crippen molar-refractivity contribution in [3.05, 3.63) is 65.7 Å². The fourth-order valence-electron chi connectivity index (χ4n) is 5.62. The number of rotatable bonds is 8. The molecule has 2 heterocycles. The van der Waals surface area contributed by atoms with Crippen LogP contribution in [0.15, 0.2) is 54.6 Å². The normalized spacial score (nSPS) is 27.4. The SMILES string of the molecule is COC(=O)C1(COCc2ccccc2)N(Cc2ccc(OC)cc2)C(=O)[C@@H]2CC[Si](C)(C)O[C@@]21C. The second-order valence-electron chi connectivity index (χ2n) is 10.2. The summed E-state index contributed by atoms with van der Waals surface area (Å²) in [6.07, 6.45) is 0.686. The number of fused-ring (bicyclic) bond motifs is 1. The number of carbonyl (C=O) groups excluding carboxylic acids is 2. The predicted molar refractivity (Wildman–Crippen MR) is 134 cm³/mol. The first-order valence-corrected chi connectivity index (χ1v) is 15.1. The zero-order chi connectivity index (χ0) is 25.3. The van der Waals surface area contributed by atoms with Gasteiger partial charge < -0.3 is 23.5 Å². The van der Waals surface area contributed by atoms with Crippen molar-refractivity contribution >= 4 is 20.2 Å². The van der Waals surface area contributed by atoms with Gasteiger partial charge in [-0.25, -0.2) is 4.79 Å². The molecule has 2 aliphatic heterocycles. The first-order chi connectivity index (χ1) is 16.7. The Morgan fingerprint density at radius 3 is 2.40 bits per heavy atom. The maximum atomic E-state index is 13.9. The van der Waals surface area contributed by atoms with Crippen molar-refractivity contribution in [2.45, 2.75) is 56.8 Å². The van der Waals surface area contributed by atoms with E-state index in [0.717, 1.165) is 22.9 Å². The second-order valence-corrected chi connectivity index (χ2v) is 14.4. The van der Waals surface area contributed by atoms with E-state index in [4.69, 9.17) is 18.6 Å². The number of carbonyl (C=O) groups is 2. The average Bonchev–Trinajstić information content (AvgIpc) is 3.02. The average molecular weight is 498 g/mol. The van der Waals surface area contributed by atoms with Crippen molar-refractivity contribution in [2.24, 2.45) is 5.92 Å². The highest BCUT2D eigenvalue weighted by molar-refractivity contribution is 6.71. The van der Waals surface area contributed by atoms with Gasteiger partial charge in [-0.2, -0.15) is 0 Å². The van der Waals surface area contributed by atoms with E-state index in [-0.39, 0.29) is 19.1 Å². The lowest BCUT2D eigenvalue weighted by molar-refractivity contribution is -0.178. The van der Waals surface area contributed by atoms with Gasteiger partial charge in [0.25, 0.3) is 0 Å². The van der Waals surface area contributed by atoms with E-state index < -0.39 is 31.3 Å². The lowest BCUT2D eigenvalue weighted by atomic mass is 9.75. The molecule has 2 aromatic rings. The summed E-state index contributed by atoms with van der Waals surface area (Å²) < 4.78 is 23.6. The fourth-order valence-corrected chi connectivity index (χ4v) is 8.16. The van der Waals surface area contributed by atoms with Crippen LogP contribution in [0.1, 0.15) is 24.5 Å². The summed E-state index contributed by atoms with van der Waals surface area (Å²) in [7, 11) is 0.850. The third-order valence-electron chi connectivity index (χ3n) is 7.48. The molecule has 35 heavy (non-hydrogen) atoms. The molecule has 0 N–H and O–H groups in total. The molecule has 0 radical (unpaired) electrons. The third-order valence-corrected chi connectivity index (χ3v) is 9.95. The Hall–Kier alpha value is -2.68. The zero-order valence-corrected chi connectivity index (χ0v) is 22.2. The van der Waals surface area contributed by atoms with E-state index in [1.165, 1.54) is 7.11 Å². The van der Waals surface area contributed by atoms with Crippen LogP contribution in [0, 0.1) is 5.92 Å². The van der Waals surface area contributed by atoms with Crippen molar-refractivity contribution in [3.8, 4) is 5.75 Å². The third kappa shape index (κ3) is 4.50. The number of amides is 1. The molecule has 2 fully saturated rings. The van der Waals surface area contributed by atoms with Crippen LogP contribution in [0.5, 0.6) is 5.75 Å². The lowest BCUT2D eigenvalue weighted by Crippen LogP contribution is -2.70. The number of hydrogen-bond donors (Lipinski definition) is 0. The monoisotopic (exact) mass is 497 g/mol. The van der Waals surface area contributed by atoms with Crippen LogP contribution in [0.3, 0.4) is 0 Å². The number of esters is 1. The summed E-state index contributed by atoms with van der Waals surface area (Å²) in [5.41, 5.74) is -0.606. The molecule has 7 nitrogen and oxygen atoms in total. The first kappa shape index (κ1) is 25.4. The minimum Gasteiger partial charge on any atom is -0.497 e. The smallest absolute Gasteiger partial charge is 0.337 e. The maximum absolute atomic E-state index is 13.9. The van der Waals surface area contributed by atoms with Gasteiger partial charge in [-0.1, -0.05) is 42.5 Å². The van der Waals surface area contributed by atoms with Crippen LogP contribution in [-0.4, -0.2) is 57.1 Å². The van der Waals surface area contributed by atoms with Crippen LogP contribution < -0.4 is 4.74 Å². The van der Waals surface area contributed by atoms with E-state index in [9.17, 15) is 9.59 Å². The number of methoxy groups -OCH3 is 2. The summed E-state index contributed by atoms with van der Waals surface area (Å²) in [5.74, 6) is -0.324. The summed E-state index contributed by atoms with van der Waals surface area (Å²) >= 11 is 0. The minimum absolute atomic E-state index is 0.0199. The molecule has 188 valence electrons. The summed E-state index contributed by atoms with van der Waals surface area (Å²) in [4.78, 5) is 29.3. The largest absolute Gasteiger partial charge is 0.497 e. The molecule has 8 heteroatoms. The molecule has 0 saturated carbocycles. The zero-order valence-electron chi connectivity index (χ0n) is 21.2. The topological polar surface area (TPSA) is 74.3 Å². The Kier molecular flexibility index (Phi) is 7.08. The van der Waals surface area contributed by atoms with Crippen LogP contribution in [-0.2, 0) is 36.6 Å². The minimum atomic E-state index is -2.12. The van der Waals surface area contributed by atoms with Crippen molar-refractivity contribution in [1.82, 2.24) is 4.90 Å². The Labute approximate surface area is 208 Å². The van der Waals surface area contributed by atoms with Crippen LogP contribution in [0.4, 0.5) is 0 Å². The highest BCUT2D eigenvalue weighted by Gasteiger charge is 2.73. The van der Waals surface area contributed by atoms with Gasteiger partial charge in [-0.3, -0.25) is 4.79 Å². The van der Waals surface area contributed by atoms with E-state index in [2.05, 4.69) is 13.1 Å². The van der Waals surface area contributed by atoms with Gasteiger partial charge in [-0.05, 0) is 55.7 Å². The first-order valence-electron chi connectivity index (χ1n) is 12.0. The molecular formula is C27H35NO6Si. The van der Waals surface area contributed by atoms with Crippen molar-refractivity contribution in [1.29, 1.82) is 0 Å². The van der Waals surface area contributed by atoms with E-state index >= 15 is 0 Å². The molecule has 1 unspecified atom stereocenters. The molecule has 2 saturated heterocycles. The Bertz CT molecular complexity index is 1060. The van der Waals surface area contributed by atoms with Gasteiger partial charge in [0.2, 0.25) is 5.91 Å². The number of ether oxygens (including phenoxy) is 3. The summed E-state index contributed by atoms with van der Waals surface area (Å²) in [5, 5.41) is 0. The molecule has 2 aliphatic rings. The second kappa shape index (κ2) is 9.76. The quantitative estimate of drug-likeness (QED) is 0.403. The van der Waals surface area contributed by atoms with E-state index in [1.807, 2.05) is 61.5 Å². The van der Waals surface area contributed by atoms with Gasteiger partial charge in [0.15, 0.2) is 13.9 Å². The Morgan fingerprint density at radius 1 is 1.09 bits per heavy atom. The highest BCUT2D eigenvalue weighted by Crippen LogP contribution is 2.54. The molecule has 3 atom stereocenters. The number of hydrogen-bond acceptors (Lipinski definition) is 6. The molecule has 0 bridgehead atoms. The van der Waals surface area contributed by atoms with Gasteiger partial charge in [-0.15, -0.1) is 0 Å². The van der Waals surface area contributed by atoms with Gasteiger partial charge in [0, 0.05) is 6.54 Å². The molecule has 4 rings (SSSR count). The van der Waals surface area contributed by atoms with Gasteiger partial charge >= 0.3 is 5.97 Å². The molecule has 0 aliphatic carbocycles. The highest BCUT2D eigenvalue weighted by atomic mass is 28.4. The fraction of sp³-hybridized carbons (Fsp3) is 0.481. The maximum Gasteiger partial charge on any atom is 0.337 e. The van der Waals surface area contributed by atoms with Crippen molar-refractivity contribution < 1.29 is 28.2 Å². The molecule has 2 aromatic carbocycles. The van der Waals surface area contributed by atoms with E-state index in [0.29, 0.717) is 13.0 Å². The Morgan fingerprint density at radius 2 is 1.77 bits per heavy atom. The van der Waals surface area contributed by atoms with Gasteiger partial charge in [0.1, 0.15) is 11.4 Å². The van der Waals surface area contributed by atoms with Gasteiger partial charge in [0.05, 0.1) is 33.4 Å². The summed E-state index contributed by atoms with van der Waals surface area (Å²) in [6.45, 7) is 6.71. The molecule has 0 aromatic heterocycles. The van der Waals surface area contributed by atoms with Crippen LogP contribution >= 0.6 is 0 Å². The molecule has 0 spiro atoms. The lowest BCUT2D eigenvalue weighted by Gasteiger charge is -2.51. The summed E-state index contributed by atoms with van der Waals surface area (Å²) in [6, 6.07) is 18.1. The molecular weight excluding hydrogens is 462 g/mol.